The molecule has 1 saturated carbocycles. The molecule has 0 saturated heterocycles. The monoisotopic (exact) mass is 280 g/mol. The molecule has 1 aromatic carbocycles. The van der Waals surface area contributed by atoms with Crippen LogP contribution in [0.25, 0.3) is 0 Å². The maximum atomic E-state index is 12.3. The van der Waals surface area contributed by atoms with Crippen molar-refractivity contribution >= 4 is 23.2 Å². The molecule has 0 bridgehead atoms. The van der Waals surface area contributed by atoms with Crippen LogP contribution in [-0.4, -0.2) is 11.9 Å². The van der Waals surface area contributed by atoms with Crippen LogP contribution < -0.4 is 11.1 Å². The number of hydrogen-bond donors (Lipinski definition) is 2. The molecule has 19 heavy (non-hydrogen) atoms. The third-order valence-corrected chi connectivity index (χ3v) is 4.30. The number of anilines is 1. The molecule has 1 fully saturated rings. The van der Waals surface area contributed by atoms with Crippen molar-refractivity contribution in [1.82, 2.24) is 5.32 Å². The summed E-state index contributed by atoms with van der Waals surface area (Å²) in [7, 11) is 0. The van der Waals surface area contributed by atoms with Crippen molar-refractivity contribution < 1.29 is 4.79 Å². The zero-order valence-corrected chi connectivity index (χ0v) is 12.0. The molecule has 0 spiro atoms. The lowest BCUT2D eigenvalue weighted by molar-refractivity contribution is 0.0905. The van der Waals surface area contributed by atoms with E-state index in [4.69, 9.17) is 17.3 Å². The zero-order chi connectivity index (χ0) is 13.8. The van der Waals surface area contributed by atoms with Gasteiger partial charge in [-0.1, -0.05) is 37.8 Å². The molecule has 2 rings (SSSR count). The van der Waals surface area contributed by atoms with E-state index in [1.807, 2.05) is 0 Å². The molecule has 0 radical (unpaired) electrons. The van der Waals surface area contributed by atoms with Crippen molar-refractivity contribution in [2.45, 2.75) is 45.1 Å². The van der Waals surface area contributed by atoms with Gasteiger partial charge in [0, 0.05) is 11.7 Å². The molecule has 0 heterocycles. The minimum atomic E-state index is -0.0876. The lowest BCUT2D eigenvalue weighted by atomic mass is 9.83. The van der Waals surface area contributed by atoms with E-state index in [0.717, 1.165) is 12.8 Å². The van der Waals surface area contributed by atoms with E-state index in [1.165, 1.54) is 19.3 Å². The topological polar surface area (TPSA) is 55.1 Å². The van der Waals surface area contributed by atoms with E-state index in [2.05, 4.69) is 12.2 Å². The minimum absolute atomic E-state index is 0.0876. The second kappa shape index (κ2) is 6.29. The Labute approximate surface area is 119 Å². The van der Waals surface area contributed by atoms with Gasteiger partial charge in [0.2, 0.25) is 0 Å². The van der Waals surface area contributed by atoms with Crippen LogP contribution in [0.5, 0.6) is 0 Å². The third kappa shape index (κ3) is 3.41. The Morgan fingerprint density at radius 2 is 2.16 bits per heavy atom. The summed E-state index contributed by atoms with van der Waals surface area (Å²) in [6.07, 6.45) is 5.85. The number of carbonyl (C=O) groups is 1. The lowest BCUT2D eigenvalue weighted by Gasteiger charge is -2.31. The predicted octanol–water partition coefficient (Wildman–Crippen LogP) is 3.62. The fourth-order valence-corrected chi connectivity index (χ4v) is 3.12. The number of benzene rings is 1. The molecular formula is C15H21ClN2O. The molecule has 0 aromatic heterocycles. The Bertz CT molecular complexity index is 461. The molecule has 3 N–H and O–H groups in total. The highest BCUT2D eigenvalue weighted by Crippen LogP contribution is 2.27. The maximum absolute atomic E-state index is 12.3. The molecule has 1 aliphatic carbocycles. The smallest absolute Gasteiger partial charge is 0.253 e. The molecule has 2 unspecified atom stereocenters. The Morgan fingerprint density at radius 3 is 2.84 bits per heavy atom. The highest BCUT2D eigenvalue weighted by atomic mass is 35.5. The Morgan fingerprint density at radius 1 is 1.42 bits per heavy atom. The van der Waals surface area contributed by atoms with Crippen LogP contribution in [0.4, 0.5) is 5.69 Å². The standard InChI is InChI=1S/C15H21ClN2O/c1-2-10-5-3-4-6-14(10)18-15(19)12-8-7-11(17)9-13(12)16/h7-10,14H,2-6,17H2,1H3,(H,18,19). The molecule has 1 aromatic rings. The van der Waals surface area contributed by atoms with Crippen molar-refractivity contribution in [3.05, 3.63) is 28.8 Å². The summed E-state index contributed by atoms with van der Waals surface area (Å²) in [5.41, 5.74) is 6.72. The first kappa shape index (κ1) is 14.2. The van der Waals surface area contributed by atoms with Crippen molar-refractivity contribution in [3.8, 4) is 0 Å². The third-order valence-electron chi connectivity index (χ3n) is 3.99. The summed E-state index contributed by atoms with van der Waals surface area (Å²) in [6, 6.07) is 5.30. The average Bonchev–Trinajstić information content (AvgIpc) is 2.39. The first-order valence-electron chi connectivity index (χ1n) is 6.97. The molecule has 3 nitrogen and oxygen atoms in total. The summed E-state index contributed by atoms with van der Waals surface area (Å²) < 4.78 is 0. The number of halogens is 1. The van der Waals surface area contributed by atoms with Crippen molar-refractivity contribution in [1.29, 1.82) is 0 Å². The highest BCUT2D eigenvalue weighted by Gasteiger charge is 2.25. The number of rotatable bonds is 3. The summed E-state index contributed by atoms with van der Waals surface area (Å²) in [4.78, 5) is 12.3. The number of nitrogens with one attached hydrogen (secondary N) is 1. The van der Waals surface area contributed by atoms with Gasteiger partial charge in [-0.15, -0.1) is 0 Å². The average molecular weight is 281 g/mol. The molecule has 0 aliphatic heterocycles. The first-order chi connectivity index (χ1) is 9.11. The van der Waals surface area contributed by atoms with Gasteiger partial charge >= 0.3 is 0 Å². The van der Waals surface area contributed by atoms with Gasteiger partial charge < -0.3 is 11.1 Å². The van der Waals surface area contributed by atoms with Crippen LogP contribution in [0.1, 0.15) is 49.4 Å². The normalized spacial score (nSPS) is 23.1. The van der Waals surface area contributed by atoms with Gasteiger partial charge in [-0.3, -0.25) is 4.79 Å². The van der Waals surface area contributed by atoms with Gasteiger partial charge in [0.15, 0.2) is 0 Å². The number of amides is 1. The van der Waals surface area contributed by atoms with Gasteiger partial charge in [-0.2, -0.15) is 0 Å². The number of nitrogens with two attached hydrogens (primary N) is 1. The molecule has 104 valence electrons. The predicted molar refractivity (Wildman–Crippen MR) is 79.4 cm³/mol. The second-order valence-corrected chi connectivity index (χ2v) is 5.68. The summed E-state index contributed by atoms with van der Waals surface area (Å²) in [6.45, 7) is 2.19. The van der Waals surface area contributed by atoms with Gasteiger partial charge in [0.1, 0.15) is 0 Å². The van der Waals surface area contributed by atoms with Crippen LogP contribution in [0.2, 0.25) is 5.02 Å². The van der Waals surface area contributed by atoms with Crippen molar-refractivity contribution in [3.63, 3.8) is 0 Å². The summed E-state index contributed by atoms with van der Waals surface area (Å²) in [5.74, 6) is 0.501. The number of nitrogen functional groups attached to an aromatic ring is 1. The second-order valence-electron chi connectivity index (χ2n) is 5.27. The fraction of sp³-hybridized carbons (Fsp3) is 0.533. The van der Waals surface area contributed by atoms with Gasteiger partial charge in [0.25, 0.3) is 5.91 Å². The fourth-order valence-electron chi connectivity index (χ4n) is 2.85. The molecule has 1 amide bonds. The Kier molecular flexibility index (Phi) is 4.70. The quantitative estimate of drug-likeness (QED) is 0.831. The van der Waals surface area contributed by atoms with Gasteiger partial charge in [0.05, 0.1) is 10.6 Å². The molecule has 1 aliphatic rings. The minimum Gasteiger partial charge on any atom is -0.399 e. The van der Waals surface area contributed by atoms with E-state index >= 15 is 0 Å². The van der Waals surface area contributed by atoms with E-state index in [1.54, 1.807) is 18.2 Å². The SMILES string of the molecule is CCC1CCCCC1NC(=O)c1ccc(N)cc1Cl. The van der Waals surface area contributed by atoms with Crippen LogP contribution in [0.3, 0.4) is 0 Å². The van der Waals surface area contributed by atoms with E-state index in [0.29, 0.717) is 22.2 Å². The van der Waals surface area contributed by atoms with Crippen LogP contribution in [-0.2, 0) is 0 Å². The largest absolute Gasteiger partial charge is 0.399 e. The number of carbonyl (C=O) groups excluding carboxylic acids is 1. The van der Waals surface area contributed by atoms with Crippen LogP contribution >= 0.6 is 11.6 Å². The van der Waals surface area contributed by atoms with Crippen molar-refractivity contribution in [2.75, 3.05) is 5.73 Å². The van der Waals surface area contributed by atoms with E-state index < -0.39 is 0 Å². The summed E-state index contributed by atoms with van der Waals surface area (Å²) >= 11 is 6.07. The van der Waals surface area contributed by atoms with Gasteiger partial charge in [-0.05, 0) is 37.0 Å². The Balaban J connectivity index is 2.07. The molecule has 2 atom stereocenters. The summed E-state index contributed by atoms with van der Waals surface area (Å²) in [5, 5.41) is 3.55. The Hall–Kier alpha value is -1.22. The van der Waals surface area contributed by atoms with E-state index in [9.17, 15) is 4.79 Å². The van der Waals surface area contributed by atoms with Crippen LogP contribution in [0.15, 0.2) is 18.2 Å². The highest BCUT2D eigenvalue weighted by molar-refractivity contribution is 6.34. The molecular weight excluding hydrogens is 260 g/mol. The molecule has 4 heteroatoms. The van der Waals surface area contributed by atoms with Crippen LogP contribution in [0, 0.1) is 5.92 Å². The van der Waals surface area contributed by atoms with Gasteiger partial charge in [-0.25, -0.2) is 0 Å². The lowest BCUT2D eigenvalue weighted by Crippen LogP contribution is -2.42. The number of hydrogen-bond acceptors (Lipinski definition) is 2. The zero-order valence-electron chi connectivity index (χ0n) is 11.3. The maximum Gasteiger partial charge on any atom is 0.253 e. The first-order valence-corrected chi connectivity index (χ1v) is 7.35. The van der Waals surface area contributed by atoms with E-state index in [-0.39, 0.29) is 11.9 Å². The van der Waals surface area contributed by atoms with Crippen molar-refractivity contribution in [2.24, 2.45) is 5.92 Å².